The first-order valence-corrected chi connectivity index (χ1v) is 8.33. The second-order valence-electron chi connectivity index (χ2n) is 5.93. The monoisotopic (exact) mass is 364 g/mol. The van der Waals surface area contributed by atoms with Gasteiger partial charge in [0.1, 0.15) is 0 Å². The molecule has 0 saturated carbocycles. The van der Waals surface area contributed by atoms with Crippen molar-refractivity contribution < 1.29 is 26.4 Å². The van der Waals surface area contributed by atoms with Gasteiger partial charge >= 0.3 is 0 Å². The average molecular weight is 365 g/mol. The summed E-state index contributed by atoms with van der Waals surface area (Å²) in [6.07, 6.45) is -5.05. The maximum absolute atomic E-state index is 13.4. The van der Waals surface area contributed by atoms with Crippen molar-refractivity contribution in [2.75, 3.05) is 24.5 Å². The fraction of sp³-hybridized carbons (Fsp3) is 0.409. The zero-order chi connectivity index (χ0) is 28.8. The van der Waals surface area contributed by atoms with Crippen LogP contribution in [0.2, 0.25) is 0 Å². The molecule has 1 amide bonds. The Morgan fingerprint density at radius 3 is 2.65 bits per heavy atom. The third kappa shape index (κ3) is 4.51. The summed E-state index contributed by atoms with van der Waals surface area (Å²) in [6, 6.07) is 3.33. The summed E-state index contributed by atoms with van der Waals surface area (Å²) >= 11 is 0. The number of likely N-dealkylation sites (tertiary alicyclic amines) is 1. The molecule has 3 rings (SSSR count). The van der Waals surface area contributed by atoms with Gasteiger partial charge < -0.3 is 14.9 Å². The molecule has 0 bridgehead atoms. The number of hydrogen-bond donors (Lipinski definition) is 1. The van der Waals surface area contributed by atoms with Gasteiger partial charge in [-0.2, -0.15) is 0 Å². The second kappa shape index (κ2) is 8.97. The first-order valence-electron chi connectivity index (χ1n) is 14.3. The van der Waals surface area contributed by atoms with Crippen LogP contribution >= 0.6 is 0 Å². The lowest BCUT2D eigenvalue weighted by Crippen LogP contribution is -2.48. The zero-order valence-electron chi connectivity index (χ0n) is 26.1. The maximum Gasteiger partial charge on any atom is 0.226 e. The number of piperidine rings is 1. The molecule has 0 aliphatic carbocycles. The molecule has 2 aromatic carbocycles. The molecule has 2 aromatic rings. The summed E-state index contributed by atoms with van der Waals surface area (Å²) in [5, 5.41) is 10.7. The predicted molar refractivity (Wildman–Crippen MR) is 105 cm³/mol. The van der Waals surface area contributed by atoms with Crippen LogP contribution in [0.15, 0.2) is 60.5 Å². The fourth-order valence-electron chi connectivity index (χ4n) is 3.01. The Morgan fingerprint density at radius 1 is 1.31 bits per heavy atom. The molecule has 26 heavy (non-hydrogen) atoms. The molecule has 0 spiro atoms. The van der Waals surface area contributed by atoms with E-state index >= 15 is 0 Å². The number of β-amino-alcohol motifs (C(OH)–C–C–N with tert-alkyl or cyclic N) is 1. The Balaban J connectivity index is 2.00. The molecule has 0 radical (unpaired) electrons. The highest BCUT2D eigenvalue weighted by atomic mass is 16.3. The summed E-state index contributed by atoms with van der Waals surface area (Å²) in [6.45, 7) is -5.75. The van der Waals surface area contributed by atoms with Crippen LogP contribution in [-0.4, -0.2) is 41.5 Å². The van der Waals surface area contributed by atoms with E-state index in [1.54, 1.807) is 30.3 Å². The van der Waals surface area contributed by atoms with E-state index in [1.807, 2.05) is 0 Å². The van der Waals surface area contributed by atoms with Crippen molar-refractivity contribution in [1.82, 2.24) is 4.90 Å². The molecule has 1 aliphatic heterocycles. The van der Waals surface area contributed by atoms with Gasteiger partial charge in [0.2, 0.25) is 5.91 Å². The molecule has 1 fully saturated rings. The van der Waals surface area contributed by atoms with Crippen molar-refractivity contribution in [3.05, 3.63) is 66.1 Å². The molecule has 1 saturated heterocycles. The highest BCUT2D eigenvalue weighted by molar-refractivity contribution is 5.93. The van der Waals surface area contributed by atoms with Crippen LogP contribution in [0.3, 0.4) is 0 Å². The molecule has 1 heterocycles. The Bertz CT molecular complexity index is 1150. The summed E-state index contributed by atoms with van der Waals surface area (Å²) in [5.41, 5.74) is -0.290. The molecule has 0 aromatic heterocycles. The number of amides is 1. The second-order valence-corrected chi connectivity index (χ2v) is 5.93. The predicted octanol–water partition coefficient (Wildman–Crippen LogP) is 3.63. The number of aliphatic hydroxyl groups is 1. The number of carbonyl (C=O) groups is 1. The zero-order valence-corrected chi connectivity index (χ0v) is 14.1. The van der Waals surface area contributed by atoms with Gasteiger partial charge in [-0.25, -0.2) is 0 Å². The van der Waals surface area contributed by atoms with Crippen molar-refractivity contribution in [2.24, 2.45) is 0 Å². The number of nitrogens with zero attached hydrogens (tertiary/aromatic N) is 2. The minimum Gasteiger partial charge on any atom is -0.387 e. The molecule has 1 aliphatic rings. The summed E-state index contributed by atoms with van der Waals surface area (Å²) in [4.78, 5) is 15.4. The van der Waals surface area contributed by atoms with Crippen molar-refractivity contribution in [3.8, 4) is 0 Å². The van der Waals surface area contributed by atoms with Crippen LogP contribution in [-0.2, 0) is 4.79 Å². The van der Waals surface area contributed by atoms with Gasteiger partial charge in [0.25, 0.3) is 0 Å². The number of hydrogen-bond acceptors (Lipinski definition) is 3. The van der Waals surface area contributed by atoms with E-state index in [-0.39, 0.29) is 25.9 Å². The molecule has 138 valence electrons. The van der Waals surface area contributed by atoms with Gasteiger partial charge in [0.05, 0.1) is 13.0 Å². The molecule has 1 atom stereocenters. The Kier molecular flexibility index (Phi) is 2.99. The van der Waals surface area contributed by atoms with Crippen LogP contribution < -0.4 is 4.90 Å². The number of aliphatic hydroxyl groups excluding tert-OH is 1. The van der Waals surface area contributed by atoms with E-state index in [9.17, 15) is 9.90 Å². The number of carbonyl (C=O) groups excluding carboxylic acids is 1. The quantitative estimate of drug-likeness (QED) is 0.851. The van der Waals surface area contributed by atoms with Crippen LogP contribution in [0.1, 0.15) is 54.2 Å². The summed E-state index contributed by atoms with van der Waals surface area (Å²) in [5.74, 6) is -1.58. The third-order valence-electron chi connectivity index (χ3n) is 4.30. The molecule has 4 nitrogen and oxygen atoms in total. The lowest BCUT2D eigenvalue weighted by atomic mass is 10.0. The van der Waals surface area contributed by atoms with Crippen molar-refractivity contribution in [2.45, 2.75) is 38.2 Å². The molecule has 1 N–H and O–H groups in total. The lowest BCUT2D eigenvalue weighted by molar-refractivity contribution is -0.119. The highest BCUT2D eigenvalue weighted by Gasteiger charge is 2.29. The molecule has 4 heteroatoms. The van der Waals surface area contributed by atoms with Gasteiger partial charge in [-0.05, 0) is 30.5 Å². The van der Waals surface area contributed by atoms with Crippen molar-refractivity contribution in [1.29, 1.82) is 0 Å². The van der Waals surface area contributed by atoms with Crippen LogP contribution in [0.4, 0.5) is 5.69 Å². The van der Waals surface area contributed by atoms with Gasteiger partial charge in [0, 0.05) is 47.3 Å². The standard InChI is InChI=1S/C22H28N2O2/c1-2-22(26)24(19-11-7-4-8-12-19)20-13-15-23(16-14-20)17-21(25)18-9-5-3-6-10-18/h3-12,20-21,25H,2,13-17H2,1H3/i1D3,2D2,4D,7D,8D,11D,12D,17D2. The topological polar surface area (TPSA) is 43.8 Å². The van der Waals surface area contributed by atoms with E-state index < -0.39 is 73.7 Å². The SMILES string of the molecule is [2H]c1c([2H])c([2H])c(N(C(=O)C([2H])([2H])C([2H])([2H])[2H])C2CCN(C([2H])([2H])C(O)c3ccccc3)CC2)c([2H])c1[2H]. The largest absolute Gasteiger partial charge is 0.387 e. The number of para-hydroxylation sites is 1. The molecule has 1 unspecified atom stereocenters. The molecular weight excluding hydrogens is 324 g/mol. The number of rotatable bonds is 6. The molecular formula is C22H28N2O2. The normalized spacial score (nSPS) is 25.3. The average Bonchev–Trinajstić information content (AvgIpc) is 2.88. The van der Waals surface area contributed by atoms with Gasteiger partial charge in [-0.15, -0.1) is 0 Å². The van der Waals surface area contributed by atoms with E-state index in [0.29, 0.717) is 10.5 Å². The van der Waals surface area contributed by atoms with E-state index in [2.05, 4.69) is 0 Å². The minimum atomic E-state index is -3.44. The number of benzene rings is 2. The van der Waals surface area contributed by atoms with Crippen LogP contribution in [0.5, 0.6) is 0 Å². The van der Waals surface area contributed by atoms with E-state index in [4.69, 9.17) is 16.4 Å². The van der Waals surface area contributed by atoms with Crippen molar-refractivity contribution in [3.63, 3.8) is 0 Å². The van der Waals surface area contributed by atoms with Crippen LogP contribution in [0, 0.1) is 0 Å². The smallest absolute Gasteiger partial charge is 0.226 e. The minimum absolute atomic E-state index is 0.0496. The summed E-state index contributed by atoms with van der Waals surface area (Å²) in [7, 11) is 0. The Hall–Kier alpha value is -2.17. The first kappa shape index (κ1) is 8.68. The Morgan fingerprint density at radius 2 is 2.00 bits per heavy atom. The van der Waals surface area contributed by atoms with Crippen molar-refractivity contribution >= 4 is 11.6 Å². The maximum atomic E-state index is 13.4. The fourth-order valence-corrected chi connectivity index (χ4v) is 3.01. The van der Waals surface area contributed by atoms with E-state index in [1.165, 1.54) is 4.90 Å². The van der Waals surface area contributed by atoms with Crippen LogP contribution in [0.25, 0.3) is 0 Å². The van der Waals surface area contributed by atoms with Gasteiger partial charge in [0.15, 0.2) is 0 Å². The first-order chi connectivity index (χ1) is 17.4. The Labute approximate surface area is 172 Å². The van der Waals surface area contributed by atoms with Gasteiger partial charge in [-0.1, -0.05) is 55.3 Å². The van der Waals surface area contributed by atoms with E-state index in [0.717, 1.165) is 0 Å². The third-order valence-corrected chi connectivity index (χ3v) is 4.30. The highest BCUT2D eigenvalue weighted by Crippen LogP contribution is 2.25. The summed E-state index contributed by atoms with van der Waals surface area (Å²) < 4.78 is 96.0. The number of anilines is 1. The van der Waals surface area contributed by atoms with Gasteiger partial charge in [-0.3, -0.25) is 4.79 Å². The lowest BCUT2D eigenvalue weighted by Gasteiger charge is -2.39.